The second-order valence-corrected chi connectivity index (χ2v) is 3.41. The monoisotopic (exact) mass is 183 g/mol. The molecule has 0 saturated heterocycles. The molecular formula is C13H13N. The number of hydrogen-bond acceptors (Lipinski definition) is 0. The summed E-state index contributed by atoms with van der Waals surface area (Å²) in [6.07, 6.45) is 3.70. The summed E-state index contributed by atoms with van der Waals surface area (Å²) in [6, 6.07) is 6.35. The summed E-state index contributed by atoms with van der Waals surface area (Å²) < 4.78 is 0. The van der Waals surface area contributed by atoms with Gasteiger partial charge in [-0.25, -0.2) is 0 Å². The lowest BCUT2D eigenvalue weighted by Crippen LogP contribution is -1.73. The molecule has 1 N–H and O–H groups in total. The zero-order valence-corrected chi connectivity index (χ0v) is 8.30. The van der Waals surface area contributed by atoms with E-state index < -0.39 is 0 Å². The maximum absolute atomic E-state index is 3.82. The van der Waals surface area contributed by atoms with Crippen LogP contribution in [0.3, 0.4) is 0 Å². The van der Waals surface area contributed by atoms with Gasteiger partial charge < -0.3 is 4.98 Å². The van der Waals surface area contributed by atoms with Gasteiger partial charge in [0.15, 0.2) is 0 Å². The van der Waals surface area contributed by atoms with E-state index in [4.69, 9.17) is 0 Å². The van der Waals surface area contributed by atoms with Gasteiger partial charge in [0.2, 0.25) is 0 Å². The molecule has 0 aliphatic carbocycles. The van der Waals surface area contributed by atoms with Crippen LogP contribution in [0.5, 0.6) is 0 Å². The third kappa shape index (κ3) is 1.18. The van der Waals surface area contributed by atoms with Crippen molar-refractivity contribution in [3.8, 4) is 0 Å². The van der Waals surface area contributed by atoms with Gasteiger partial charge in [-0.05, 0) is 25.1 Å². The van der Waals surface area contributed by atoms with Crippen LogP contribution in [0.4, 0.5) is 0 Å². The predicted octanol–water partition coefficient (Wildman–Crippen LogP) is 3.76. The van der Waals surface area contributed by atoms with E-state index in [1.165, 1.54) is 10.9 Å². The van der Waals surface area contributed by atoms with Crippen LogP contribution in [-0.2, 0) is 0 Å². The molecule has 0 aliphatic heterocycles. The Morgan fingerprint density at radius 2 is 2.00 bits per heavy atom. The normalized spacial score (nSPS) is 10.4. The van der Waals surface area contributed by atoms with Gasteiger partial charge in [0.05, 0.1) is 0 Å². The molecule has 1 heteroatoms. The van der Waals surface area contributed by atoms with Gasteiger partial charge in [-0.1, -0.05) is 30.9 Å². The summed E-state index contributed by atoms with van der Waals surface area (Å²) in [6.45, 7) is 9.69. The number of H-pyrrole nitrogens is 1. The van der Waals surface area contributed by atoms with Gasteiger partial charge in [-0.15, -0.1) is 0 Å². The van der Waals surface area contributed by atoms with E-state index in [0.717, 1.165) is 16.8 Å². The number of hydrogen-bond donors (Lipinski definition) is 1. The van der Waals surface area contributed by atoms with E-state index in [0.29, 0.717) is 0 Å². The highest BCUT2D eigenvalue weighted by Gasteiger charge is 2.05. The molecule has 1 aromatic heterocycles. The van der Waals surface area contributed by atoms with Crippen LogP contribution < -0.4 is 0 Å². The van der Waals surface area contributed by atoms with Crippen LogP contribution in [0, 0.1) is 6.92 Å². The lowest BCUT2D eigenvalue weighted by Gasteiger charge is -1.94. The first kappa shape index (κ1) is 8.82. The molecule has 1 aromatic carbocycles. The summed E-state index contributed by atoms with van der Waals surface area (Å²) >= 11 is 0. The van der Waals surface area contributed by atoms with Crippen LogP contribution in [0.15, 0.2) is 31.4 Å². The molecule has 0 radical (unpaired) electrons. The highest BCUT2D eigenvalue weighted by atomic mass is 14.7. The number of aryl methyl sites for hydroxylation is 1. The van der Waals surface area contributed by atoms with Crippen molar-refractivity contribution in [1.82, 2.24) is 4.98 Å². The Morgan fingerprint density at radius 1 is 1.21 bits per heavy atom. The maximum atomic E-state index is 3.82. The minimum absolute atomic E-state index is 1.04. The zero-order valence-electron chi connectivity index (χ0n) is 8.30. The van der Waals surface area contributed by atoms with E-state index in [1.807, 2.05) is 12.2 Å². The molecule has 0 atom stereocenters. The van der Waals surface area contributed by atoms with Crippen molar-refractivity contribution in [2.75, 3.05) is 0 Å². The molecule has 0 bridgehead atoms. The lowest BCUT2D eigenvalue weighted by molar-refractivity contribution is 1.42. The first-order chi connectivity index (χ1) is 6.76. The predicted molar refractivity (Wildman–Crippen MR) is 63.2 cm³/mol. The van der Waals surface area contributed by atoms with Crippen LogP contribution >= 0.6 is 0 Å². The van der Waals surface area contributed by atoms with Crippen molar-refractivity contribution in [2.45, 2.75) is 6.92 Å². The van der Waals surface area contributed by atoms with Crippen LogP contribution in [0.2, 0.25) is 0 Å². The Hall–Kier alpha value is -1.76. The SMILES string of the molecule is C=Cc1[nH]c2ccc(C)cc2c1C=C. The van der Waals surface area contributed by atoms with Gasteiger partial charge in [-0.3, -0.25) is 0 Å². The van der Waals surface area contributed by atoms with Crippen LogP contribution in [0.25, 0.3) is 23.1 Å². The van der Waals surface area contributed by atoms with E-state index in [1.54, 1.807) is 0 Å². The van der Waals surface area contributed by atoms with E-state index in [-0.39, 0.29) is 0 Å². The van der Waals surface area contributed by atoms with Gasteiger partial charge in [0.25, 0.3) is 0 Å². The standard InChI is InChI=1S/C13H13N/c1-4-10-11-8-9(3)6-7-13(11)14-12(10)5-2/h4-8,14H,1-2H2,3H3. The van der Waals surface area contributed by atoms with Crippen molar-refractivity contribution < 1.29 is 0 Å². The third-order valence-electron chi connectivity index (χ3n) is 2.43. The Bertz CT molecular complexity index is 503. The molecule has 14 heavy (non-hydrogen) atoms. The minimum Gasteiger partial charge on any atom is -0.355 e. The zero-order chi connectivity index (χ0) is 10.1. The first-order valence-corrected chi connectivity index (χ1v) is 4.63. The molecule has 0 unspecified atom stereocenters. The van der Waals surface area contributed by atoms with E-state index in [2.05, 4.69) is 43.3 Å². The molecule has 1 nitrogen and oxygen atoms in total. The van der Waals surface area contributed by atoms with Gasteiger partial charge >= 0.3 is 0 Å². The van der Waals surface area contributed by atoms with Crippen molar-refractivity contribution in [2.24, 2.45) is 0 Å². The number of rotatable bonds is 2. The molecule has 0 fully saturated rings. The summed E-state index contributed by atoms with van der Waals surface area (Å²) in [5, 5.41) is 1.22. The summed E-state index contributed by atoms with van der Waals surface area (Å²) in [4.78, 5) is 3.30. The Balaban J connectivity index is 2.87. The second kappa shape index (κ2) is 3.18. The molecule has 2 rings (SSSR count). The quantitative estimate of drug-likeness (QED) is 0.729. The fraction of sp³-hybridized carbons (Fsp3) is 0.0769. The average molecular weight is 183 g/mol. The van der Waals surface area contributed by atoms with E-state index in [9.17, 15) is 0 Å². The lowest BCUT2D eigenvalue weighted by atomic mass is 10.1. The summed E-state index contributed by atoms with van der Waals surface area (Å²) in [5.74, 6) is 0. The number of aromatic amines is 1. The smallest absolute Gasteiger partial charge is 0.0465 e. The Kier molecular flexibility index (Phi) is 2.01. The Labute approximate surface area is 83.8 Å². The van der Waals surface area contributed by atoms with Crippen molar-refractivity contribution >= 4 is 23.1 Å². The highest BCUT2D eigenvalue weighted by molar-refractivity contribution is 5.93. The number of benzene rings is 1. The first-order valence-electron chi connectivity index (χ1n) is 4.63. The number of fused-ring (bicyclic) bond motifs is 1. The Morgan fingerprint density at radius 3 is 2.64 bits per heavy atom. The molecule has 0 spiro atoms. The van der Waals surface area contributed by atoms with Crippen LogP contribution in [-0.4, -0.2) is 4.98 Å². The number of nitrogens with one attached hydrogen (secondary N) is 1. The molecular weight excluding hydrogens is 170 g/mol. The topological polar surface area (TPSA) is 15.8 Å². The fourth-order valence-corrected chi connectivity index (χ4v) is 1.73. The molecule has 0 saturated carbocycles. The largest absolute Gasteiger partial charge is 0.355 e. The van der Waals surface area contributed by atoms with Crippen LogP contribution in [0.1, 0.15) is 16.8 Å². The van der Waals surface area contributed by atoms with Crippen molar-refractivity contribution in [3.63, 3.8) is 0 Å². The van der Waals surface area contributed by atoms with Gasteiger partial charge in [-0.2, -0.15) is 0 Å². The van der Waals surface area contributed by atoms with Gasteiger partial charge in [0.1, 0.15) is 0 Å². The maximum Gasteiger partial charge on any atom is 0.0465 e. The molecule has 2 aromatic rings. The number of aromatic nitrogens is 1. The van der Waals surface area contributed by atoms with Gasteiger partial charge in [0, 0.05) is 22.2 Å². The van der Waals surface area contributed by atoms with Crippen molar-refractivity contribution in [3.05, 3.63) is 48.2 Å². The minimum atomic E-state index is 1.04. The highest BCUT2D eigenvalue weighted by Crippen LogP contribution is 2.25. The summed E-state index contributed by atoms with van der Waals surface area (Å²) in [7, 11) is 0. The molecule has 0 amide bonds. The second-order valence-electron chi connectivity index (χ2n) is 3.41. The average Bonchev–Trinajstić information content (AvgIpc) is 2.54. The third-order valence-corrected chi connectivity index (χ3v) is 2.43. The molecule has 70 valence electrons. The molecule has 0 aliphatic rings. The summed E-state index contributed by atoms with van der Waals surface area (Å²) in [5.41, 5.74) is 4.58. The molecule has 1 heterocycles. The fourth-order valence-electron chi connectivity index (χ4n) is 1.73. The van der Waals surface area contributed by atoms with Crippen molar-refractivity contribution in [1.29, 1.82) is 0 Å². The van der Waals surface area contributed by atoms with E-state index >= 15 is 0 Å².